The van der Waals surface area contributed by atoms with Gasteiger partial charge in [0.25, 0.3) is 5.91 Å². The van der Waals surface area contributed by atoms with Crippen molar-refractivity contribution in [2.75, 3.05) is 46.1 Å². The summed E-state index contributed by atoms with van der Waals surface area (Å²) in [5.74, 6) is -0.827. The molecule has 0 aliphatic carbocycles. The average Bonchev–Trinajstić information content (AvgIpc) is 2.80. The average molecular weight is 350 g/mol. The molecule has 0 saturated carbocycles. The van der Waals surface area contributed by atoms with Crippen molar-refractivity contribution < 1.29 is 28.7 Å². The summed E-state index contributed by atoms with van der Waals surface area (Å²) in [6, 6.07) is 0. The lowest BCUT2D eigenvalue weighted by Crippen LogP contribution is -2.43. The van der Waals surface area contributed by atoms with Gasteiger partial charge in [0.2, 0.25) is 11.8 Å². The van der Waals surface area contributed by atoms with Crippen molar-refractivity contribution in [3.8, 4) is 0 Å². The Morgan fingerprint density at radius 2 is 1.40 bits per heavy atom. The summed E-state index contributed by atoms with van der Waals surface area (Å²) in [5.41, 5.74) is 0.620. The predicted molar refractivity (Wildman–Crippen MR) is 87.5 cm³/mol. The van der Waals surface area contributed by atoms with Gasteiger partial charge in [0, 0.05) is 24.1 Å². The van der Waals surface area contributed by atoms with Crippen molar-refractivity contribution in [2.24, 2.45) is 0 Å². The Morgan fingerprint density at radius 3 is 2.00 bits per heavy atom. The van der Waals surface area contributed by atoms with E-state index in [-0.39, 0.29) is 56.0 Å². The maximum atomic E-state index is 11.8. The Balaban J connectivity index is 1.52. The normalized spacial score (nSPS) is 18.7. The Bertz CT molecular complexity index is 612. The quantitative estimate of drug-likeness (QED) is 0.322. The molecule has 3 amide bonds. The lowest BCUT2D eigenvalue weighted by atomic mass is 10.0. The van der Waals surface area contributed by atoms with Gasteiger partial charge < -0.3 is 14.4 Å². The minimum absolute atomic E-state index is 0.0263. The highest BCUT2D eigenvalue weighted by atomic mass is 16.5. The molecular weight excluding hydrogens is 328 g/mol. The first-order valence-corrected chi connectivity index (χ1v) is 8.07. The van der Waals surface area contributed by atoms with Gasteiger partial charge >= 0.3 is 0 Å². The van der Waals surface area contributed by atoms with Crippen LogP contribution in [0.15, 0.2) is 24.3 Å². The van der Waals surface area contributed by atoms with Crippen molar-refractivity contribution in [1.82, 2.24) is 9.80 Å². The fourth-order valence-corrected chi connectivity index (χ4v) is 2.59. The smallest absolute Gasteiger partial charge is 0.256 e. The number of ketones is 1. The number of piperidine rings is 1. The molecule has 0 N–H and O–H groups in total. The highest BCUT2D eigenvalue weighted by Crippen LogP contribution is 2.16. The molecule has 2 fully saturated rings. The van der Waals surface area contributed by atoms with Gasteiger partial charge in [-0.05, 0) is 0 Å². The predicted octanol–water partition coefficient (Wildman–Crippen LogP) is -0.308. The Morgan fingerprint density at radius 1 is 0.800 bits per heavy atom. The van der Waals surface area contributed by atoms with E-state index in [0.717, 1.165) is 4.90 Å². The molecule has 8 heteroatoms. The molecule has 0 unspecified atom stereocenters. The summed E-state index contributed by atoms with van der Waals surface area (Å²) >= 11 is 0. The molecule has 8 nitrogen and oxygen atoms in total. The van der Waals surface area contributed by atoms with Crippen LogP contribution in [0.4, 0.5) is 0 Å². The Hall–Kier alpha value is -2.32. The summed E-state index contributed by atoms with van der Waals surface area (Å²) in [6.45, 7) is 8.88. The number of hydrogen-bond acceptors (Lipinski definition) is 6. The molecule has 2 heterocycles. The maximum absolute atomic E-state index is 11.8. The summed E-state index contributed by atoms with van der Waals surface area (Å²) in [4.78, 5) is 48.9. The van der Waals surface area contributed by atoms with E-state index in [9.17, 15) is 19.2 Å². The van der Waals surface area contributed by atoms with Crippen LogP contribution in [0.3, 0.4) is 0 Å². The molecular formula is C17H22N2O6. The molecule has 2 aliphatic heterocycles. The van der Waals surface area contributed by atoms with Crippen molar-refractivity contribution in [1.29, 1.82) is 0 Å². The fraction of sp³-hybridized carbons (Fsp3) is 0.529. The summed E-state index contributed by atoms with van der Waals surface area (Å²) in [5, 5.41) is 0. The monoisotopic (exact) mass is 350 g/mol. The van der Waals surface area contributed by atoms with E-state index >= 15 is 0 Å². The molecule has 0 aromatic rings. The number of hydrogen-bond donors (Lipinski definition) is 0. The second kappa shape index (κ2) is 8.68. The van der Waals surface area contributed by atoms with Gasteiger partial charge in [-0.2, -0.15) is 0 Å². The number of imide groups is 1. The fourth-order valence-electron chi connectivity index (χ4n) is 2.59. The Labute approximate surface area is 146 Å². The van der Waals surface area contributed by atoms with E-state index in [1.54, 1.807) is 0 Å². The number of amides is 3. The molecule has 0 bridgehead atoms. The van der Waals surface area contributed by atoms with E-state index in [1.165, 1.54) is 4.90 Å². The van der Waals surface area contributed by atoms with Crippen LogP contribution in [0.2, 0.25) is 0 Å². The van der Waals surface area contributed by atoms with Gasteiger partial charge in [-0.15, -0.1) is 0 Å². The van der Waals surface area contributed by atoms with Crippen LogP contribution in [-0.4, -0.2) is 79.4 Å². The number of carbonyl (C=O) groups excluding carboxylic acids is 4. The van der Waals surface area contributed by atoms with Gasteiger partial charge in [-0.25, -0.2) is 0 Å². The van der Waals surface area contributed by atoms with Crippen LogP contribution in [0.25, 0.3) is 0 Å². The highest BCUT2D eigenvalue weighted by Gasteiger charge is 2.31. The van der Waals surface area contributed by atoms with Crippen LogP contribution < -0.4 is 0 Å². The molecule has 0 atom stereocenters. The number of rotatable bonds is 9. The van der Waals surface area contributed by atoms with Crippen molar-refractivity contribution >= 4 is 23.5 Å². The molecule has 2 rings (SSSR count). The van der Waals surface area contributed by atoms with E-state index in [1.807, 2.05) is 0 Å². The molecule has 0 radical (unpaired) electrons. The van der Waals surface area contributed by atoms with Crippen molar-refractivity contribution in [3.63, 3.8) is 0 Å². The third kappa shape index (κ3) is 5.07. The third-order valence-electron chi connectivity index (χ3n) is 3.92. The van der Waals surface area contributed by atoms with Crippen LogP contribution >= 0.6 is 0 Å². The second-order valence-corrected chi connectivity index (χ2v) is 5.90. The second-order valence-electron chi connectivity index (χ2n) is 5.90. The van der Waals surface area contributed by atoms with Crippen LogP contribution in [0.5, 0.6) is 0 Å². The largest absolute Gasteiger partial charge is 0.377 e. The molecule has 0 aromatic carbocycles. The lowest BCUT2D eigenvalue weighted by molar-refractivity contribution is -0.138. The molecule has 2 aliphatic rings. The SMILES string of the molecule is C=C1CC(=O)CN(CCOCCOCCN2C(=O)CC(=C)C2=O)C1=O. The number of nitrogens with zero attached hydrogens (tertiary/aromatic N) is 2. The van der Waals surface area contributed by atoms with E-state index in [0.29, 0.717) is 37.5 Å². The zero-order valence-corrected chi connectivity index (χ0v) is 14.1. The number of carbonyl (C=O) groups is 4. The Kier molecular flexibility index (Phi) is 6.60. The standard InChI is InChI=1S/C17H22N2O6/c1-12-9-14(20)11-18(16(12)22)3-5-24-7-8-25-6-4-19-15(21)10-13(2)17(19)23/h1-11H2. The summed E-state index contributed by atoms with van der Waals surface area (Å²) in [6.07, 6.45) is 0.200. The zero-order chi connectivity index (χ0) is 18.4. The third-order valence-corrected chi connectivity index (χ3v) is 3.92. The number of ether oxygens (including phenoxy) is 2. The van der Waals surface area contributed by atoms with Crippen molar-refractivity contribution in [2.45, 2.75) is 12.8 Å². The highest BCUT2D eigenvalue weighted by molar-refractivity contribution is 6.12. The first-order chi connectivity index (χ1) is 11.9. The van der Waals surface area contributed by atoms with Crippen LogP contribution in [-0.2, 0) is 28.7 Å². The molecule has 0 aromatic heterocycles. The van der Waals surface area contributed by atoms with Gasteiger partial charge in [-0.3, -0.25) is 24.1 Å². The zero-order valence-electron chi connectivity index (χ0n) is 14.1. The minimum atomic E-state index is -0.341. The minimum Gasteiger partial charge on any atom is -0.377 e. The van der Waals surface area contributed by atoms with Gasteiger partial charge in [-0.1, -0.05) is 13.2 Å². The number of Topliss-reactive ketones (excluding diaryl/α,β-unsaturated/α-hetero) is 1. The van der Waals surface area contributed by atoms with Gasteiger partial charge in [0.1, 0.15) is 0 Å². The van der Waals surface area contributed by atoms with Crippen LogP contribution in [0, 0.1) is 0 Å². The molecule has 2 saturated heterocycles. The first kappa shape index (κ1) is 19.0. The van der Waals surface area contributed by atoms with E-state index < -0.39 is 0 Å². The van der Waals surface area contributed by atoms with Gasteiger partial charge in [0.05, 0.1) is 45.9 Å². The topological polar surface area (TPSA) is 93.2 Å². The van der Waals surface area contributed by atoms with Crippen molar-refractivity contribution in [3.05, 3.63) is 24.3 Å². The molecule has 136 valence electrons. The first-order valence-electron chi connectivity index (χ1n) is 8.07. The van der Waals surface area contributed by atoms with Crippen LogP contribution in [0.1, 0.15) is 12.8 Å². The lowest BCUT2D eigenvalue weighted by Gasteiger charge is -2.26. The maximum Gasteiger partial charge on any atom is 0.256 e. The van der Waals surface area contributed by atoms with E-state index in [4.69, 9.17) is 9.47 Å². The molecule has 25 heavy (non-hydrogen) atoms. The summed E-state index contributed by atoms with van der Waals surface area (Å²) in [7, 11) is 0. The summed E-state index contributed by atoms with van der Waals surface area (Å²) < 4.78 is 10.7. The number of likely N-dealkylation sites (tertiary alicyclic amines) is 2. The molecule has 0 spiro atoms. The van der Waals surface area contributed by atoms with Gasteiger partial charge in [0.15, 0.2) is 5.78 Å². The van der Waals surface area contributed by atoms with E-state index in [2.05, 4.69) is 13.2 Å².